The van der Waals surface area contributed by atoms with E-state index in [9.17, 15) is 33.1 Å². The van der Waals surface area contributed by atoms with Gasteiger partial charge in [0, 0.05) is 24.7 Å². The third-order valence-electron chi connectivity index (χ3n) is 5.23. The summed E-state index contributed by atoms with van der Waals surface area (Å²) >= 11 is 6.49. The largest absolute Gasteiger partial charge is 0.479 e. The van der Waals surface area contributed by atoms with Crippen LogP contribution in [0.2, 0.25) is 0 Å². The van der Waals surface area contributed by atoms with Gasteiger partial charge in [-0.05, 0) is 13.0 Å². The van der Waals surface area contributed by atoms with Gasteiger partial charge in [0.15, 0.2) is 0 Å². The van der Waals surface area contributed by atoms with Crippen molar-refractivity contribution in [2.75, 3.05) is 26.2 Å². The van der Waals surface area contributed by atoms with Gasteiger partial charge in [-0.25, -0.2) is 32.0 Å². The second-order valence-corrected chi connectivity index (χ2v) is 8.02. The number of nitrogen functional groups attached to an aromatic ring is 1. The van der Waals surface area contributed by atoms with Crippen LogP contribution < -0.4 is 17.1 Å². The van der Waals surface area contributed by atoms with Crippen molar-refractivity contribution in [3.8, 4) is 0 Å². The summed E-state index contributed by atoms with van der Waals surface area (Å²) < 4.78 is 52.1. The average molecular weight is 496 g/mol. The van der Waals surface area contributed by atoms with E-state index in [0.717, 1.165) is 6.92 Å². The Hall–Kier alpha value is -2.90. The smallest absolute Gasteiger partial charge is 0.354 e. The van der Waals surface area contributed by atoms with E-state index in [0.29, 0.717) is 12.1 Å². The molecule has 0 spiro atoms. The van der Waals surface area contributed by atoms with Crippen molar-refractivity contribution in [3.05, 3.63) is 50.1 Å². The molecule has 10 nitrogen and oxygen atoms in total. The Morgan fingerprint density at radius 2 is 1.97 bits per heavy atom. The summed E-state index contributed by atoms with van der Waals surface area (Å²) in [7, 11) is 1.30. The highest BCUT2D eigenvalue weighted by Gasteiger charge is 2.60. The number of rotatable bonds is 9. The number of aromatic nitrogens is 2. The van der Waals surface area contributed by atoms with Crippen LogP contribution in [-0.4, -0.2) is 57.4 Å². The minimum Gasteiger partial charge on any atom is -0.479 e. The molecule has 182 valence electrons. The first-order valence-electron chi connectivity index (χ1n) is 9.34. The van der Waals surface area contributed by atoms with Gasteiger partial charge < -0.3 is 25.2 Å². The monoisotopic (exact) mass is 495 g/mol. The summed E-state index contributed by atoms with van der Waals surface area (Å²) in [5.41, 5.74) is -8.36. The number of carbonyl (C=O) groups is 2. The number of aliphatic carboxylic acids is 1. The lowest BCUT2D eigenvalue weighted by Crippen LogP contribution is -2.60. The van der Waals surface area contributed by atoms with Crippen molar-refractivity contribution < 1.29 is 37.3 Å². The van der Waals surface area contributed by atoms with Crippen LogP contribution in [0.15, 0.2) is 33.1 Å². The topological polar surface area (TPSA) is 143 Å². The molecule has 0 amide bonds. The van der Waals surface area contributed by atoms with E-state index in [-0.39, 0.29) is 28.7 Å². The lowest BCUT2D eigenvalue weighted by Gasteiger charge is -2.44. The molecule has 2 rings (SSSR count). The number of carbonyl (C=O) groups excluding carboxylic acids is 1. The number of hydrogen-bond donors (Lipinski definition) is 2. The van der Waals surface area contributed by atoms with Gasteiger partial charge >= 0.3 is 11.7 Å². The van der Waals surface area contributed by atoms with Crippen molar-refractivity contribution in [3.63, 3.8) is 0 Å². The first-order valence-corrected chi connectivity index (χ1v) is 9.72. The predicted octanol–water partition coefficient (Wildman–Crippen LogP) is 1.06. The van der Waals surface area contributed by atoms with Crippen LogP contribution in [0.5, 0.6) is 0 Å². The number of allylic oxidation sites excluding steroid dienone is 2. The van der Waals surface area contributed by atoms with Gasteiger partial charge in [0.2, 0.25) is 5.60 Å². The van der Waals surface area contributed by atoms with E-state index < -0.39 is 62.8 Å². The Balaban J connectivity index is 3.00. The molecule has 0 saturated carbocycles. The summed E-state index contributed by atoms with van der Waals surface area (Å²) in [5.74, 6) is 0.887. The first-order chi connectivity index (χ1) is 15.3. The molecule has 0 saturated heterocycles. The summed E-state index contributed by atoms with van der Waals surface area (Å²) in [6.07, 6.45) is -2.47. The highest BCUT2D eigenvalue weighted by atomic mass is 35.5. The zero-order valence-corrected chi connectivity index (χ0v) is 18.4. The van der Waals surface area contributed by atoms with E-state index in [1.165, 1.54) is 14.0 Å². The van der Waals surface area contributed by atoms with Crippen molar-refractivity contribution >= 4 is 29.6 Å². The van der Waals surface area contributed by atoms with Crippen molar-refractivity contribution in [1.82, 2.24) is 9.24 Å². The van der Waals surface area contributed by atoms with Gasteiger partial charge in [-0.2, -0.15) is 0 Å². The molecule has 1 aromatic heterocycles. The highest BCUT2D eigenvalue weighted by molar-refractivity contribution is 6.29. The number of nitrogens with zero attached hydrogens (tertiary/aromatic N) is 2. The number of ether oxygens (including phenoxy) is 2. The Morgan fingerprint density at radius 1 is 1.36 bits per heavy atom. The van der Waals surface area contributed by atoms with Crippen LogP contribution in [0, 0.1) is 5.92 Å². The van der Waals surface area contributed by atoms with Gasteiger partial charge in [0.05, 0.1) is 18.9 Å². The van der Waals surface area contributed by atoms with E-state index in [1.807, 2.05) is 0 Å². The summed E-state index contributed by atoms with van der Waals surface area (Å²) in [5, 5.41) is 10.0. The van der Waals surface area contributed by atoms with Crippen molar-refractivity contribution in [2.45, 2.75) is 30.7 Å². The third-order valence-corrected chi connectivity index (χ3v) is 5.72. The second-order valence-electron chi connectivity index (χ2n) is 7.26. The van der Waals surface area contributed by atoms with Gasteiger partial charge in [0.1, 0.15) is 22.7 Å². The molecule has 3 N–H and O–H groups in total. The Labute approximate surface area is 189 Å². The number of alkyl halides is 3. The van der Waals surface area contributed by atoms with Crippen molar-refractivity contribution in [1.29, 1.82) is 0 Å². The fourth-order valence-corrected chi connectivity index (χ4v) is 3.99. The first kappa shape index (κ1) is 26.4. The van der Waals surface area contributed by atoms with Crippen LogP contribution in [-0.2, 0) is 19.1 Å². The van der Waals surface area contributed by atoms with Crippen molar-refractivity contribution in [2.24, 2.45) is 5.92 Å². The summed E-state index contributed by atoms with van der Waals surface area (Å²) in [6.45, 7) is 1.80. The molecule has 1 aromatic rings. The Morgan fingerprint density at radius 3 is 2.45 bits per heavy atom. The molecule has 1 heterocycles. The average Bonchev–Trinajstić information content (AvgIpc) is 2.72. The summed E-state index contributed by atoms with van der Waals surface area (Å²) in [4.78, 5) is 46.8. The highest BCUT2D eigenvalue weighted by Crippen LogP contribution is 2.50. The minimum absolute atomic E-state index is 0.0578. The normalized spacial score (nSPS) is 24.1. The quantitative estimate of drug-likeness (QED) is 0.224. The van der Waals surface area contributed by atoms with E-state index in [1.54, 1.807) is 0 Å². The number of aldehydes is 1. The summed E-state index contributed by atoms with van der Waals surface area (Å²) in [6, 6.07) is 0.297. The fourth-order valence-electron chi connectivity index (χ4n) is 3.54. The SMILES string of the molecule is COCCOC1(C(=O)O)C=C(n2c(=O)cc(C(F)F)n(N)c2=O)C(F)=C(C(C)C=O)C1(C)Cl. The Bertz CT molecular complexity index is 1140. The van der Waals surface area contributed by atoms with Gasteiger partial charge in [0.25, 0.3) is 12.0 Å². The molecule has 0 radical (unpaired) electrons. The van der Waals surface area contributed by atoms with Crippen LogP contribution in [0.1, 0.15) is 26.0 Å². The van der Waals surface area contributed by atoms with Crippen LogP contribution in [0.4, 0.5) is 13.2 Å². The van der Waals surface area contributed by atoms with Crippen LogP contribution in [0.3, 0.4) is 0 Å². The van der Waals surface area contributed by atoms with Crippen LogP contribution >= 0.6 is 11.6 Å². The standard InChI is InChI=1S/C19H21ClF3N3O7/c1-9(8-27)13-14(21)11(25-12(28)6-10(15(22)23)26(24)17(25)31)7-19(16(29)30,18(13,2)20)33-5-4-32-3/h6-9,15H,4-5,24H2,1-3H3,(H,29,30). The fraction of sp³-hybridized carbons (Fsp3) is 0.474. The maximum Gasteiger partial charge on any atom is 0.354 e. The number of carboxylic acid groups (broad SMARTS) is 1. The lowest BCUT2D eigenvalue weighted by molar-refractivity contribution is -0.164. The van der Waals surface area contributed by atoms with E-state index >= 15 is 4.39 Å². The maximum absolute atomic E-state index is 15.7. The number of halogens is 4. The van der Waals surface area contributed by atoms with Gasteiger partial charge in [-0.15, -0.1) is 11.6 Å². The zero-order chi connectivity index (χ0) is 25.3. The molecule has 0 aliphatic heterocycles. The maximum atomic E-state index is 15.7. The number of hydrogen-bond acceptors (Lipinski definition) is 7. The number of nitrogens with two attached hydrogens (primary N) is 1. The molecule has 33 heavy (non-hydrogen) atoms. The predicted molar refractivity (Wildman–Crippen MR) is 110 cm³/mol. The third kappa shape index (κ3) is 4.23. The van der Waals surface area contributed by atoms with Gasteiger partial charge in [-0.3, -0.25) is 4.79 Å². The molecule has 0 fully saturated rings. The Kier molecular flexibility index (Phi) is 7.61. The molecule has 1 aliphatic carbocycles. The number of methoxy groups -OCH3 is 1. The molecule has 0 bridgehead atoms. The number of carboxylic acids is 1. The molecule has 3 atom stereocenters. The molecular weight excluding hydrogens is 475 g/mol. The molecule has 14 heteroatoms. The minimum atomic E-state index is -3.31. The van der Waals surface area contributed by atoms with Crippen LogP contribution in [0.25, 0.3) is 5.70 Å². The lowest BCUT2D eigenvalue weighted by atomic mass is 9.73. The zero-order valence-electron chi connectivity index (χ0n) is 17.7. The van der Waals surface area contributed by atoms with E-state index in [4.69, 9.17) is 26.9 Å². The molecule has 1 aliphatic rings. The molecule has 0 aromatic carbocycles. The molecular formula is C19H21ClF3N3O7. The molecule has 3 unspecified atom stereocenters. The second kappa shape index (κ2) is 9.53. The van der Waals surface area contributed by atoms with E-state index in [2.05, 4.69) is 0 Å². The van der Waals surface area contributed by atoms with Gasteiger partial charge in [-0.1, -0.05) is 6.92 Å².